The van der Waals surface area contributed by atoms with E-state index in [0.717, 1.165) is 32.7 Å². The fraction of sp³-hybridized carbons (Fsp3) is 0.571. The topological polar surface area (TPSA) is 24.5 Å². The van der Waals surface area contributed by atoms with Gasteiger partial charge in [0.15, 0.2) is 0 Å². The van der Waals surface area contributed by atoms with Crippen molar-refractivity contribution >= 4 is 15.9 Å². The Labute approximate surface area is 117 Å². The molecule has 3 rings (SSSR count). The summed E-state index contributed by atoms with van der Waals surface area (Å²) < 4.78 is 6.57. The van der Waals surface area contributed by atoms with Crippen LogP contribution in [0, 0.1) is 0 Å². The van der Waals surface area contributed by atoms with Gasteiger partial charge in [-0.2, -0.15) is 0 Å². The molecule has 4 heteroatoms. The van der Waals surface area contributed by atoms with Gasteiger partial charge < -0.3 is 4.74 Å². The molecule has 1 unspecified atom stereocenters. The van der Waals surface area contributed by atoms with Gasteiger partial charge in [-0.05, 0) is 42.5 Å². The van der Waals surface area contributed by atoms with Crippen molar-refractivity contribution < 1.29 is 4.74 Å². The number of ether oxygens (including phenoxy) is 1. The molecule has 18 heavy (non-hydrogen) atoms. The Morgan fingerprint density at radius 1 is 1.22 bits per heavy atom. The molecule has 0 aromatic heterocycles. The van der Waals surface area contributed by atoms with Crippen LogP contribution < -0.4 is 5.43 Å². The molecule has 1 atom stereocenters. The van der Waals surface area contributed by atoms with E-state index in [1.54, 1.807) is 0 Å². The maximum Gasteiger partial charge on any atom is 0.0608 e. The van der Waals surface area contributed by atoms with Crippen LogP contribution in [-0.2, 0) is 17.6 Å². The van der Waals surface area contributed by atoms with E-state index in [4.69, 9.17) is 4.74 Å². The molecule has 1 fully saturated rings. The molecule has 1 heterocycles. The zero-order valence-corrected chi connectivity index (χ0v) is 12.1. The summed E-state index contributed by atoms with van der Waals surface area (Å²) in [5.74, 6) is 0. The van der Waals surface area contributed by atoms with E-state index in [1.165, 1.54) is 28.4 Å². The van der Waals surface area contributed by atoms with Gasteiger partial charge in [-0.25, -0.2) is 5.01 Å². The first-order valence-corrected chi connectivity index (χ1v) is 7.47. The number of hydrogen-bond acceptors (Lipinski definition) is 3. The van der Waals surface area contributed by atoms with Crippen molar-refractivity contribution in [1.82, 2.24) is 10.4 Å². The molecule has 3 nitrogen and oxygen atoms in total. The molecular formula is C14H19BrN2O. The Morgan fingerprint density at radius 2 is 2.06 bits per heavy atom. The van der Waals surface area contributed by atoms with Gasteiger partial charge >= 0.3 is 0 Å². The van der Waals surface area contributed by atoms with Crippen LogP contribution in [-0.4, -0.2) is 37.4 Å². The van der Waals surface area contributed by atoms with Gasteiger partial charge in [-0.1, -0.05) is 22.0 Å². The molecule has 1 aliphatic carbocycles. The summed E-state index contributed by atoms with van der Waals surface area (Å²) in [6.45, 7) is 3.71. The van der Waals surface area contributed by atoms with Crippen LogP contribution in [0.15, 0.2) is 22.7 Å². The molecule has 1 N–H and O–H groups in total. The molecule has 1 aromatic carbocycles. The smallest absolute Gasteiger partial charge is 0.0608 e. The fourth-order valence-corrected chi connectivity index (χ4v) is 3.19. The predicted molar refractivity (Wildman–Crippen MR) is 75.5 cm³/mol. The second-order valence-corrected chi connectivity index (χ2v) is 6.00. The summed E-state index contributed by atoms with van der Waals surface area (Å²) >= 11 is 3.55. The maximum atomic E-state index is 5.37. The zero-order chi connectivity index (χ0) is 12.4. The minimum atomic E-state index is 0.580. The minimum Gasteiger partial charge on any atom is -0.379 e. The summed E-state index contributed by atoms with van der Waals surface area (Å²) in [6, 6.07) is 7.25. The van der Waals surface area contributed by atoms with Crippen molar-refractivity contribution in [2.24, 2.45) is 0 Å². The largest absolute Gasteiger partial charge is 0.379 e. The van der Waals surface area contributed by atoms with Crippen molar-refractivity contribution in [3.05, 3.63) is 33.8 Å². The molecule has 0 saturated carbocycles. The number of hydrogen-bond donors (Lipinski definition) is 1. The Morgan fingerprint density at radius 3 is 2.89 bits per heavy atom. The van der Waals surface area contributed by atoms with Crippen LogP contribution >= 0.6 is 15.9 Å². The number of aryl methyl sites for hydroxylation is 1. The highest BCUT2D eigenvalue weighted by molar-refractivity contribution is 9.10. The minimum absolute atomic E-state index is 0.580. The van der Waals surface area contributed by atoms with Gasteiger partial charge in [-0.15, -0.1) is 0 Å². The lowest BCUT2D eigenvalue weighted by atomic mass is 9.89. The molecule has 0 bridgehead atoms. The lowest BCUT2D eigenvalue weighted by Crippen LogP contribution is -2.51. The number of fused-ring (bicyclic) bond motifs is 1. The second kappa shape index (κ2) is 5.70. The summed E-state index contributed by atoms with van der Waals surface area (Å²) in [5, 5.41) is 2.32. The molecule has 2 aliphatic rings. The first kappa shape index (κ1) is 12.6. The van der Waals surface area contributed by atoms with Crippen molar-refractivity contribution in [3.8, 4) is 0 Å². The zero-order valence-electron chi connectivity index (χ0n) is 10.5. The van der Waals surface area contributed by atoms with E-state index in [-0.39, 0.29) is 0 Å². The molecule has 98 valence electrons. The highest BCUT2D eigenvalue weighted by atomic mass is 79.9. The first-order valence-electron chi connectivity index (χ1n) is 6.67. The third-order valence-electron chi connectivity index (χ3n) is 3.77. The molecule has 0 radical (unpaired) electrons. The normalized spacial score (nSPS) is 24.8. The molecule has 0 amide bonds. The predicted octanol–water partition coefficient (Wildman–Crippen LogP) is 2.14. The van der Waals surface area contributed by atoms with Gasteiger partial charge in [0.1, 0.15) is 0 Å². The monoisotopic (exact) mass is 310 g/mol. The number of nitrogens with one attached hydrogen (secondary N) is 1. The van der Waals surface area contributed by atoms with Crippen LogP contribution in [0.5, 0.6) is 0 Å². The molecule has 1 aromatic rings. The standard InChI is InChI=1S/C14H19BrN2O/c15-13-3-1-12-10-14(4-2-11(12)9-13)16-17-5-7-18-8-6-17/h1,3,9,14,16H,2,4-8,10H2. The number of hydrazine groups is 1. The van der Waals surface area contributed by atoms with Crippen molar-refractivity contribution in [3.63, 3.8) is 0 Å². The van der Waals surface area contributed by atoms with Gasteiger partial charge in [0.25, 0.3) is 0 Å². The summed E-state index contributed by atoms with van der Waals surface area (Å²) in [4.78, 5) is 0. The van der Waals surface area contributed by atoms with E-state index in [0.29, 0.717) is 6.04 Å². The first-order chi connectivity index (χ1) is 8.81. The van der Waals surface area contributed by atoms with E-state index in [9.17, 15) is 0 Å². The average Bonchev–Trinajstić information content (AvgIpc) is 2.40. The van der Waals surface area contributed by atoms with Gasteiger partial charge in [0, 0.05) is 23.6 Å². The lowest BCUT2D eigenvalue weighted by molar-refractivity contribution is 0.00246. The SMILES string of the molecule is Brc1ccc2c(c1)CCC(NN1CCOCC1)C2. The summed E-state index contributed by atoms with van der Waals surface area (Å²) in [5.41, 5.74) is 6.65. The van der Waals surface area contributed by atoms with Gasteiger partial charge in [-0.3, -0.25) is 5.43 Å². The third kappa shape index (κ3) is 2.94. The third-order valence-corrected chi connectivity index (χ3v) is 4.27. The number of morpholine rings is 1. The van der Waals surface area contributed by atoms with E-state index in [1.807, 2.05) is 0 Å². The van der Waals surface area contributed by atoms with Crippen molar-refractivity contribution in [2.75, 3.05) is 26.3 Å². The molecule has 1 saturated heterocycles. The van der Waals surface area contributed by atoms with Crippen LogP contribution in [0.2, 0.25) is 0 Å². The fourth-order valence-electron chi connectivity index (χ4n) is 2.78. The summed E-state index contributed by atoms with van der Waals surface area (Å²) in [7, 11) is 0. The van der Waals surface area contributed by atoms with Crippen molar-refractivity contribution in [1.29, 1.82) is 0 Å². The Balaban J connectivity index is 1.62. The van der Waals surface area contributed by atoms with E-state index < -0.39 is 0 Å². The van der Waals surface area contributed by atoms with Crippen LogP contribution in [0.25, 0.3) is 0 Å². The molecule has 0 spiro atoms. The Bertz CT molecular complexity index is 418. The second-order valence-electron chi connectivity index (χ2n) is 5.08. The van der Waals surface area contributed by atoms with Crippen molar-refractivity contribution in [2.45, 2.75) is 25.3 Å². The van der Waals surface area contributed by atoms with E-state index >= 15 is 0 Å². The summed E-state index contributed by atoms with van der Waals surface area (Å²) in [6.07, 6.45) is 3.54. The van der Waals surface area contributed by atoms with Crippen LogP contribution in [0.4, 0.5) is 0 Å². The number of halogens is 1. The molecule has 1 aliphatic heterocycles. The van der Waals surface area contributed by atoms with Gasteiger partial charge in [0.2, 0.25) is 0 Å². The number of rotatable bonds is 2. The average molecular weight is 311 g/mol. The molecular weight excluding hydrogens is 292 g/mol. The number of nitrogens with zero attached hydrogens (tertiary/aromatic N) is 1. The van der Waals surface area contributed by atoms with E-state index in [2.05, 4.69) is 44.6 Å². The highest BCUT2D eigenvalue weighted by Crippen LogP contribution is 2.25. The number of benzene rings is 1. The highest BCUT2D eigenvalue weighted by Gasteiger charge is 2.21. The van der Waals surface area contributed by atoms with Crippen LogP contribution in [0.3, 0.4) is 0 Å². The lowest BCUT2D eigenvalue weighted by Gasteiger charge is -2.34. The maximum absolute atomic E-state index is 5.37. The van der Waals surface area contributed by atoms with Crippen LogP contribution in [0.1, 0.15) is 17.5 Å². The Kier molecular flexibility index (Phi) is 3.99. The van der Waals surface area contributed by atoms with Gasteiger partial charge in [0.05, 0.1) is 13.2 Å². The quantitative estimate of drug-likeness (QED) is 0.906. The Hall–Kier alpha value is -0.420.